The molecule has 27 heavy (non-hydrogen) atoms. The molecule has 2 rings (SSSR count). The molecule has 0 aliphatic carbocycles. The van der Waals surface area contributed by atoms with E-state index in [1.165, 1.54) is 0 Å². The Hall–Kier alpha value is -0.690. The van der Waals surface area contributed by atoms with Crippen LogP contribution in [-0.2, 0) is 13.2 Å². The number of aliphatic hydroxyl groups is 1. The smallest absolute Gasteiger partial charge is 0.175 e. The van der Waals surface area contributed by atoms with E-state index in [4.69, 9.17) is 32.7 Å². The summed E-state index contributed by atoms with van der Waals surface area (Å²) in [6.45, 7) is 3.06. The summed E-state index contributed by atoms with van der Waals surface area (Å²) < 4.78 is 12.2. The third-order valence-corrected chi connectivity index (χ3v) is 5.16. The summed E-state index contributed by atoms with van der Waals surface area (Å²) in [4.78, 5) is 0. The predicted octanol–water partition coefficient (Wildman–Crippen LogP) is 5.63. The first-order valence-electron chi connectivity index (χ1n) is 8.25. The van der Waals surface area contributed by atoms with Gasteiger partial charge in [-0.1, -0.05) is 36.2 Å². The van der Waals surface area contributed by atoms with Gasteiger partial charge in [0.2, 0.25) is 0 Å². The normalized spacial score (nSPS) is 11.6. The predicted molar refractivity (Wildman–Crippen MR) is 117 cm³/mol. The number of aliphatic hydroxyl groups excluding tert-OH is 1. The van der Waals surface area contributed by atoms with Crippen molar-refractivity contribution in [1.82, 2.24) is 5.32 Å². The molecule has 2 N–H and O–H groups in total. The monoisotopic (exact) mass is 497 g/mol. The molecule has 1 unspecified atom stereocenters. The molecule has 0 heterocycles. The number of rotatable bonds is 9. The molecule has 0 fully saturated rings. The van der Waals surface area contributed by atoms with E-state index in [-0.39, 0.29) is 25.1 Å². The van der Waals surface area contributed by atoms with E-state index < -0.39 is 0 Å². The van der Waals surface area contributed by atoms with Gasteiger partial charge in [0, 0.05) is 28.2 Å². The molecule has 0 bridgehead atoms. The summed E-state index contributed by atoms with van der Waals surface area (Å²) >= 11 is 15.7. The quantitative estimate of drug-likeness (QED) is 0.470. The summed E-state index contributed by atoms with van der Waals surface area (Å²) in [5.41, 5.74) is 1.86. The summed E-state index contributed by atoms with van der Waals surface area (Å²) in [5, 5.41) is 13.7. The maximum Gasteiger partial charge on any atom is 0.175 e. The van der Waals surface area contributed by atoms with Gasteiger partial charge in [0.15, 0.2) is 11.5 Å². The summed E-state index contributed by atoms with van der Waals surface area (Å²) in [6, 6.07) is 9.26. The van der Waals surface area contributed by atoms with Crippen molar-refractivity contribution < 1.29 is 14.6 Å². The number of methoxy groups -OCH3 is 1. The fraction of sp³-hybridized carbons (Fsp3) is 0.368. The largest absolute Gasteiger partial charge is 0.493 e. The van der Waals surface area contributed by atoms with Gasteiger partial charge in [-0.25, -0.2) is 0 Å². The molecule has 2 aromatic rings. The van der Waals surface area contributed by atoms with E-state index in [1.54, 1.807) is 19.2 Å². The van der Waals surface area contributed by atoms with Crippen LogP contribution in [0.3, 0.4) is 0 Å². The van der Waals surface area contributed by atoms with E-state index in [2.05, 4.69) is 21.2 Å². The molecule has 0 aliphatic heterocycles. The first-order chi connectivity index (χ1) is 12.5. The molecule has 0 spiro atoms. The molecule has 0 amide bonds. The molecule has 1 atom stereocenters. The van der Waals surface area contributed by atoms with Crippen LogP contribution in [0, 0.1) is 0 Å². The molecule has 0 aliphatic rings. The number of benzene rings is 2. The van der Waals surface area contributed by atoms with Crippen LogP contribution in [0.2, 0.25) is 10.0 Å². The van der Waals surface area contributed by atoms with E-state index in [0.29, 0.717) is 34.7 Å². The van der Waals surface area contributed by atoms with Crippen LogP contribution in [0.1, 0.15) is 24.5 Å². The van der Waals surface area contributed by atoms with Gasteiger partial charge < -0.3 is 19.9 Å². The van der Waals surface area contributed by atoms with Crippen LogP contribution < -0.4 is 14.8 Å². The lowest BCUT2D eigenvalue weighted by molar-refractivity contribution is 0.238. The lowest BCUT2D eigenvalue weighted by Crippen LogP contribution is -2.31. The molecule has 2 aromatic carbocycles. The standard InChI is InChI=1S/C19H22BrCl2NO3.ClH/c1-3-15(10-24)23-9-12-6-16(20)19(18(7-12)25-2)26-11-13-4-5-14(21)8-17(13)22;/h4-8,15,23-24H,3,9-11H2,1-2H3;1H. The van der Waals surface area contributed by atoms with E-state index >= 15 is 0 Å². The maximum atomic E-state index is 9.29. The lowest BCUT2D eigenvalue weighted by atomic mass is 10.1. The van der Waals surface area contributed by atoms with E-state index in [1.807, 2.05) is 25.1 Å². The minimum absolute atomic E-state index is 0. The zero-order chi connectivity index (χ0) is 19.1. The van der Waals surface area contributed by atoms with Gasteiger partial charge in [0.1, 0.15) is 6.61 Å². The second-order valence-electron chi connectivity index (χ2n) is 5.80. The maximum absolute atomic E-state index is 9.29. The molecular weight excluding hydrogens is 476 g/mol. The van der Waals surface area contributed by atoms with Gasteiger partial charge in [-0.3, -0.25) is 0 Å². The Morgan fingerprint density at radius 2 is 1.96 bits per heavy atom. The van der Waals surface area contributed by atoms with Gasteiger partial charge in [-0.05, 0) is 52.2 Å². The second-order valence-corrected chi connectivity index (χ2v) is 7.50. The number of nitrogens with one attached hydrogen (secondary N) is 1. The van der Waals surface area contributed by atoms with Gasteiger partial charge in [0.25, 0.3) is 0 Å². The minimum atomic E-state index is 0. The fourth-order valence-corrected chi connectivity index (χ4v) is 3.47. The Kier molecular flexibility index (Phi) is 10.8. The van der Waals surface area contributed by atoms with Gasteiger partial charge in [0.05, 0.1) is 18.2 Å². The third-order valence-electron chi connectivity index (χ3n) is 3.98. The van der Waals surface area contributed by atoms with Crippen molar-refractivity contribution in [2.24, 2.45) is 0 Å². The van der Waals surface area contributed by atoms with Crippen molar-refractivity contribution in [2.45, 2.75) is 32.5 Å². The molecule has 4 nitrogen and oxygen atoms in total. The van der Waals surface area contributed by atoms with E-state index in [0.717, 1.165) is 22.0 Å². The van der Waals surface area contributed by atoms with Crippen LogP contribution in [0.4, 0.5) is 0 Å². The Balaban J connectivity index is 0.00000364. The van der Waals surface area contributed by atoms with Gasteiger partial charge in [-0.15, -0.1) is 12.4 Å². The van der Waals surface area contributed by atoms with Crippen LogP contribution in [-0.4, -0.2) is 24.9 Å². The van der Waals surface area contributed by atoms with Crippen molar-refractivity contribution in [3.05, 3.63) is 56.0 Å². The summed E-state index contributed by atoms with van der Waals surface area (Å²) in [7, 11) is 1.60. The van der Waals surface area contributed by atoms with Crippen LogP contribution >= 0.6 is 51.5 Å². The topological polar surface area (TPSA) is 50.7 Å². The fourth-order valence-electron chi connectivity index (χ4n) is 2.40. The first-order valence-corrected chi connectivity index (χ1v) is 9.80. The zero-order valence-electron chi connectivity index (χ0n) is 15.1. The molecule has 0 saturated carbocycles. The van der Waals surface area contributed by atoms with Crippen molar-refractivity contribution in [3.8, 4) is 11.5 Å². The van der Waals surface area contributed by atoms with Crippen molar-refractivity contribution >= 4 is 51.5 Å². The zero-order valence-corrected chi connectivity index (χ0v) is 19.0. The molecule has 0 saturated heterocycles. The highest BCUT2D eigenvalue weighted by atomic mass is 79.9. The van der Waals surface area contributed by atoms with Crippen molar-refractivity contribution in [3.63, 3.8) is 0 Å². The summed E-state index contributed by atoms with van der Waals surface area (Å²) in [6.07, 6.45) is 0.859. The van der Waals surface area contributed by atoms with Gasteiger partial charge in [-0.2, -0.15) is 0 Å². The highest BCUT2D eigenvalue weighted by Crippen LogP contribution is 2.37. The number of hydrogen-bond donors (Lipinski definition) is 2. The van der Waals surface area contributed by atoms with Crippen molar-refractivity contribution in [1.29, 1.82) is 0 Å². The van der Waals surface area contributed by atoms with Crippen LogP contribution in [0.25, 0.3) is 0 Å². The Morgan fingerprint density at radius 3 is 2.56 bits per heavy atom. The molecular formula is C19H23BrCl3NO3. The summed E-state index contributed by atoms with van der Waals surface area (Å²) in [5.74, 6) is 1.23. The van der Waals surface area contributed by atoms with E-state index in [9.17, 15) is 5.11 Å². The Morgan fingerprint density at radius 1 is 1.22 bits per heavy atom. The molecule has 150 valence electrons. The Labute approximate surface area is 184 Å². The second kappa shape index (κ2) is 12.0. The van der Waals surface area contributed by atoms with Crippen LogP contribution in [0.15, 0.2) is 34.8 Å². The molecule has 0 radical (unpaired) electrons. The number of halogens is 4. The van der Waals surface area contributed by atoms with Crippen molar-refractivity contribution in [2.75, 3.05) is 13.7 Å². The average molecular weight is 500 g/mol. The minimum Gasteiger partial charge on any atom is -0.493 e. The third kappa shape index (κ3) is 7.00. The highest BCUT2D eigenvalue weighted by molar-refractivity contribution is 9.10. The molecule has 8 heteroatoms. The number of hydrogen-bond acceptors (Lipinski definition) is 4. The number of ether oxygens (including phenoxy) is 2. The molecule has 0 aromatic heterocycles. The lowest BCUT2D eigenvalue weighted by Gasteiger charge is -2.17. The Bertz CT molecular complexity index is 742. The SMILES string of the molecule is CCC(CO)NCc1cc(Br)c(OCc2ccc(Cl)cc2Cl)c(OC)c1.Cl. The highest BCUT2D eigenvalue weighted by Gasteiger charge is 2.14. The van der Waals surface area contributed by atoms with Crippen LogP contribution in [0.5, 0.6) is 11.5 Å². The first kappa shape index (κ1) is 24.3. The van der Waals surface area contributed by atoms with Gasteiger partial charge >= 0.3 is 0 Å². The average Bonchev–Trinajstić information content (AvgIpc) is 2.62.